The van der Waals surface area contributed by atoms with Crippen LogP contribution in [-0.2, 0) is 11.3 Å². The lowest BCUT2D eigenvalue weighted by Gasteiger charge is -2.18. The van der Waals surface area contributed by atoms with Gasteiger partial charge >= 0.3 is 5.97 Å². The highest BCUT2D eigenvalue weighted by atomic mass is 19.1. The second kappa shape index (κ2) is 6.35. The van der Waals surface area contributed by atoms with Gasteiger partial charge in [-0.15, -0.1) is 0 Å². The van der Waals surface area contributed by atoms with Crippen molar-refractivity contribution < 1.29 is 23.8 Å². The topological polar surface area (TPSA) is 59.0 Å². The Labute approximate surface area is 135 Å². The molecule has 1 aliphatic heterocycles. The van der Waals surface area contributed by atoms with Gasteiger partial charge in [0.25, 0.3) is 0 Å². The summed E-state index contributed by atoms with van der Waals surface area (Å²) < 4.78 is 24.6. The van der Waals surface area contributed by atoms with E-state index < -0.39 is 5.97 Å². The van der Waals surface area contributed by atoms with Crippen molar-refractivity contribution in [3.05, 3.63) is 23.5 Å². The van der Waals surface area contributed by atoms with Gasteiger partial charge in [0.2, 0.25) is 0 Å². The Kier molecular flexibility index (Phi) is 4.43. The number of ether oxygens (including phenoxy) is 2. The Hall–Kier alpha value is -1.82. The number of methoxy groups -OCH3 is 2. The van der Waals surface area contributed by atoms with Crippen molar-refractivity contribution in [3.8, 4) is 11.5 Å². The summed E-state index contributed by atoms with van der Waals surface area (Å²) in [5.74, 6) is 0.116. The van der Waals surface area contributed by atoms with Gasteiger partial charge in [-0.1, -0.05) is 0 Å². The monoisotopic (exact) mass is 323 g/mol. The lowest BCUT2D eigenvalue weighted by molar-refractivity contribution is -0.142. The van der Waals surface area contributed by atoms with Crippen LogP contribution in [0.15, 0.2) is 12.1 Å². The number of hydrogen-bond acceptors (Lipinski definition) is 4. The Balaban J connectivity index is 1.75. The van der Waals surface area contributed by atoms with Crippen LogP contribution in [0.25, 0.3) is 0 Å². The predicted octanol–water partition coefficient (Wildman–Crippen LogP) is 2.39. The molecule has 0 bridgehead atoms. The number of halogens is 1. The van der Waals surface area contributed by atoms with Crippen LogP contribution in [0, 0.1) is 23.6 Å². The van der Waals surface area contributed by atoms with E-state index in [2.05, 4.69) is 0 Å². The van der Waals surface area contributed by atoms with E-state index in [9.17, 15) is 14.3 Å². The minimum absolute atomic E-state index is 0.190. The molecule has 2 atom stereocenters. The smallest absolute Gasteiger partial charge is 0.308 e. The quantitative estimate of drug-likeness (QED) is 0.871. The molecule has 6 heteroatoms. The fourth-order valence-electron chi connectivity index (χ4n) is 3.56. The Morgan fingerprint density at radius 3 is 2.48 bits per heavy atom. The molecule has 1 N–H and O–H groups in total. The molecule has 3 rings (SSSR count). The zero-order valence-corrected chi connectivity index (χ0v) is 13.4. The number of rotatable bonds is 6. The average molecular weight is 323 g/mol. The van der Waals surface area contributed by atoms with E-state index in [0.29, 0.717) is 36.1 Å². The second-order valence-electron chi connectivity index (χ2n) is 6.44. The van der Waals surface area contributed by atoms with Crippen molar-refractivity contribution >= 4 is 5.97 Å². The normalized spacial score (nSPS) is 24.7. The average Bonchev–Trinajstić information content (AvgIpc) is 3.29. The van der Waals surface area contributed by atoms with Crippen molar-refractivity contribution in [2.45, 2.75) is 19.4 Å². The maximum Gasteiger partial charge on any atom is 0.308 e. The highest BCUT2D eigenvalue weighted by molar-refractivity contribution is 5.71. The molecule has 0 spiro atoms. The first-order chi connectivity index (χ1) is 11.0. The Morgan fingerprint density at radius 2 is 1.91 bits per heavy atom. The summed E-state index contributed by atoms with van der Waals surface area (Å²) in [7, 11) is 2.98. The van der Waals surface area contributed by atoms with Crippen LogP contribution in [0.1, 0.15) is 18.4 Å². The molecule has 1 saturated carbocycles. The summed E-state index contributed by atoms with van der Waals surface area (Å²) in [6, 6.07) is 2.95. The molecule has 1 heterocycles. The first kappa shape index (κ1) is 16.1. The fourth-order valence-corrected chi connectivity index (χ4v) is 3.56. The van der Waals surface area contributed by atoms with E-state index in [-0.39, 0.29) is 17.7 Å². The summed E-state index contributed by atoms with van der Waals surface area (Å²) in [6.45, 7) is 1.58. The summed E-state index contributed by atoms with van der Waals surface area (Å²) in [4.78, 5) is 13.5. The number of aliphatic carboxylic acids is 1. The van der Waals surface area contributed by atoms with Crippen molar-refractivity contribution in [3.63, 3.8) is 0 Å². The van der Waals surface area contributed by atoms with Gasteiger partial charge in [0.15, 0.2) is 11.5 Å². The summed E-state index contributed by atoms with van der Waals surface area (Å²) in [6.07, 6.45) is 2.24. The third-order valence-corrected chi connectivity index (χ3v) is 4.93. The third-order valence-electron chi connectivity index (χ3n) is 4.93. The fraction of sp³-hybridized carbons (Fsp3) is 0.588. The van der Waals surface area contributed by atoms with Gasteiger partial charge in [-0.25, -0.2) is 4.39 Å². The Morgan fingerprint density at radius 1 is 1.26 bits per heavy atom. The molecule has 0 unspecified atom stereocenters. The SMILES string of the molecule is COc1cc(F)c(CN2C[C@@H](C(=O)O)[C@H](C3CC3)C2)cc1OC. The lowest BCUT2D eigenvalue weighted by atomic mass is 9.92. The first-order valence-corrected chi connectivity index (χ1v) is 7.89. The van der Waals surface area contributed by atoms with E-state index in [1.165, 1.54) is 20.3 Å². The van der Waals surface area contributed by atoms with Crippen molar-refractivity contribution in [2.75, 3.05) is 27.3 Å². The highest BCUT2D eigenvalue weighted by Gasteiger charge is 2.45. The zero-order chi connectivity index (χ0) is 16.6. The largest absolute Gasteiger partial charge is 0.493 e. The molecule has 126 valence electrons. The Bertz CT molecular complexity index is 603. The van der Waals surface area contributed by atoms with Gasteiger partial charge in [0.1, 0.15) is 5.82 Å². The molecule has 2 aliphatic rings. The third kappa shape index (κ3) is 3.27. The summed E-state index contributed by atoms with van der Waals surface area (Å²) >= 11 is 0. The van der Waals surface area contributed by atoms with Gasteiger partial charge in [0.05, 0.1) is 20.1 Å². The molecule has 0 aromatic heterocycles. The maximum atomic E-state index is 14.3. The number of likely N-dealkylation sites (tertiary alicyclic amines) is 1. The number of hydrogen-bond donors (Lipinski definition) is 1. The van der Waals surface area contributed by atoms with Crippen LogP contribution in [0.4, 0.5) is 4.39 Å². The number of carboxylic acids is 1. The number of nitrogens with zero attached hydrogens (tertiary/aromatic N) is 1. The molecule has 1 aliphatic carbocycles. The van der Waals surface area contributed by atoms with Gasteiger partial charge < -0.3 is 14.6 Å². The van der Waals surface area contributed by atoms with Crippen LogP contribution >= 0.6 is 0 Å². The minimum Gasteiger partial charge on any atom is -0.493 e. The van der Waals surface area contributed by atoms with Crippen LogP contribution < -0.4 is 9.47 Å². The van der Waals surface area contributed by atoms with Crippen LogP contribution in [0.2, 0.25) is 0 Å². The van der Waals surface area contributed by atoms with E-state index in [1.807, 2.05) is 4.90 Å². The molecule has 23 heavy (non-hydrogen) atoms. The first-order valence-electron chi connectivity index (χ1n) is 7.89. The van der Waals surface area contributed by atoms with E-state index in [4.69, 9.17) is 9.47 Å². The molecule has 2 fully saturated rings. The minimum atomic E-state index is -0.739. The van der Waals surface area contributed by atoms with E-state index in [0.717, 1.165) is 19.4 Å². The molecule has 0 amide bonds. The summed E-state index contributed by atoms with van der Waals surface area (Å²) in [5, 5.41) is 9.41. The van der Waals surface area contributed by atoms with Crippen LogP contribution in [-0.4, -0.2) is 43.3 Å². The van der Waals surface area contributed by atoms with Crippen molar-refractivity contribution in [1.29, 1.82) is 0 Å². The number of carboxylic acid groups (broad SMARTS) is 1. The van der Waals surface area contributed by atoms with E-state index >= 15 is 0 Å². The molecule has 0 radical (unpaired) electrons. The molecule has 1 saturated heterocycles. The van der Waals surface area contributed by atoms with Gasteiger partial charge in [-0.3, -0.25) is 9.69 Å². The van der Waals surface area contributed by atoms with E-state index in [1.54, 1.807) is 6.07 Å². The number of carbonyl (C=O) groups is 1. The van der Waals surface area contributed by atoms with Gasteiger partial charge in [-0.2, -0.15) is 0 Å². The second-order valence-corrected chi connectivity index (χ2v) is 6.44. The maximum absolute atomic E-state index is 14.3. The molecule has 5 nitrogen and oxygen atoms in total. The predicted molar refractivity (Wildman–Crippen MR) is 82.1 cm³/mol. The highest BCUT2D eigenvalue weighted by Crippen LogP contribution is 2.44. The summed E-state index contributed by atoms with van der Waals surface area (Å²) in [5.41, 5.74) is 0.503. The van der Waals surface area contributed by atoms with Gasteiger partial charge in [-0.05, 0) is 30.7 Å². The van der Waals surface area contributed by atoms with Crippen molar-refractivity contribution in [2.24, 2.45) is 17.8 Å². The zero-order valence-electron chi connectivity index (χ0n) is 13.4. The van der Waals surface area contributed by atoms with Crippen LogP contribution in [0.5, 0.6) is 11.5 Å². The molecule has 1 aromatic rings. The molecule has 1 aromatic carbocycles. The molecular weight excluding hydrogens is 301 g/mol. The molecular formula is C17H22FNO4. The van der Waals surface area contributed by atoms with Crippen molar-refractivity contribution in [1.82, 2.24) is 4.90 Å². The van der Waals surface area contributed by atoms with Crippen LogP contribution in [0.3, 0.4) is 0 Å². The lowest BCUT2D eigenvalue weighted by Crippen LogP contribution is -2.24. The standard InChI is InChI=1S/C17H22FNO4/c1-22-15-5-11(14(18)6-16(15)23-2)7-19-8-12(10-3-4-10)13(9-19)17(20)21/h5-6,10,12-13H,3-4,7-9H2,1-2H3,(H,20,21)/t12-,13+/m0/s1. The number of benzene rings is 1. The van der Waals surface area contributed by atoms with Gasteiger partial charge in [0, 0.05) is 31.3 Å².